The number of anilines is 1. The molecule has 1 amide bonds. The van der Waals surface area contributed by atoms with Crippen LogP contribution in [0.5, 0.6) is 0 Å². The first-order valence-electron chi connectivity index (χ1n) is 5.27. The van der Waals surface area contributed by atoms with Crippen LogP contribution in [0.2, 0.25) is 0 Å². The van der Waals surface area contributed by atoms with Crippen LogP contribution in [0, 0.1) is 0 Å². The minimum absolute atomic E-state index is 0.108. The number of nitrogens with one attached hydrogen (secondary N) is 1. The molecular weight excluding hydrogens is 244 g/mol. The Morgan fingerprint density at radius 2 is 2.53 bits per heavy atom. The number of hydrogen-bond acceptors (Lipinski definition) is 7. The van der Waals surface area contributed by atoms with E-state index in [1.165, 1.54) is 11.3 Å². The summed E-state index contributed by atoms with van der Waals surface area (Å²) >= 11 is 1.20. The molecule has 1 atom stereocenters. The van der Waals surface area contributed by atoms with E-state index in [9.17, 15) is 9.90 Å². The van der Waals surface area contributed by atoms with Crippen molar-refractivity contribution in [1.82, 2.24) is 15.1 Å². The topological polar surface area (TPSA) is 87.6 Å². The molecule has 1 aromatic rings. The van der Waals surface area contributed by atoms with Gasteiger partial charge in [-0.15, -0.1) is 10.2 Å². The van der Waals surface area contributed by atoms with E-state index in [0.717, 1.165) is 0 Å². The second-order valence-corrected chi connectivity index (χ2v) is 4.55. The Morgan fingerprint density at radius 3 is 3.18 bits per heavy atom. The van der Waals surface area contributed by atoms with Crippen LogP contribution in [-0.4, -0.2) is 65.6 Å². The second-order valence-electron chi connectivity index (χ2n) is 3.57. The Hall–Kier alpha value is -1.25. The van der Waals surface area contributed by atoms with E-state index in [0.29, 0.717) is 29.9 Å². The molecule has 7 nitrogen and oxygen atoms in total. The highest BCUT2D eigenvalue weighted by Gasteiger charge is 2.29. The van der Waals surface area contributed by atoms with Gasteiger partial charge in [-0.25, -0.2) is 0 Å². The van der Waals surface area contributed by atoms with Crippen molar-refractivity contribution in [3.05, 3.63) is 5.01 Å². The van der Waals surface area contributed by atoms with Crippen LogP contribution in [0.3, 0.4) is 0 Å². The van der Waals surface area contributed by atoms with Crippen LogP contribution >= 0.6 is 11.3 Å². The maximum absolute atomic E-state index is 12.1. The van der Waals surface area contributed by atoms with Crippen LogP contribution in [0.4, 0.5) is 5.13 Å². The number of carbonyl (C=O) groups is 1. The Bertz CT molecular complexity index is 397. The highest BCUT2D eigenvalue weighted by Crippen LogP contribution is 2.18. The van der Waals surface area contributed by atoms with E-state index in [4.69, 9.17) is 4.74 Å². The number of ether oxygens (including phenoxy) is 1. The summed E-state index contributed by atoms with van der Waals surface area (Å²) < 4.78 is 5.22. The molecule has 0 saturated carbocycles. The van der Waals surface area contributed by atoms with Crippen molar-refractivity contribution in [2.75, 3.05) is 38.7 Å². The van der Waals surface area contributed by atoms with Crippen molar-refractivity contribution >= 4 is 22.4 Å². The monoisotopic (exact) mass is 258 g/mol. The standard InChI is InChI=1S/C9H14N4O3S/c1-10-9-12-11-7(17-9)8(15)13-2-3-16-5-6(13)4-14/h6,14H,2-5H2,1H3,(H,10,12). The van der Waals surface area contributed by atoms with E-state index >= 15 is 0 Å². The number of carbonyl (C=O) groups excluding carboxylic acids is 1. The molecule has 0 bridgehead atoms. The predicted octanol–water partition coefficient (Wildman–Crippen LogP) is -0.587. The Labute approximate surface area is 102 Å². The van der Waals surface area contributed by atoms with Gasteiger partial charge >= 0.3 is 0 Å². The van der Waals surface area contributed by atoms with Crippen molar-refractivity contribution in [3.8, 4) is 0 Å². The normalized spacial score (nSPS) is 20.4. The van der Waals surface area contributed by atoms with Gasteiger partial charge in [-0.3, -0.25) is 4.79 Å². The van der Waals surface area contributed by atoms with Crippen molar-refractivity contribution in [1.29, 1.82) is 0 Å². The molecule has 2 N–H and O–H groups in total. The Kier molecular flexibility index (Phi) is 3.87. The minimum Gasteiger partial charge on any atom is -0.394 e. The second kappa shape index (κ2) is 5.39. The van der Waals surface area contributed by atoms with Crippen LogP contribution < -0.4 is 5.32 Å². The number of nitrogens with zero attached hydrogens (tertiary/aromatic N) is 3. The summed E-state index contributed by atoms with van der Waals surface area (Å²) in [6, 6.07) is -0.293. The minimum atomic E-state index is -0.293. The molecule has 8 heteroatoms. The summed E-state index contributed by atoms with van der Waals surface area (Å²) in [5.74, 6) is -0.202. The largest absolute Gasteiger partial charge is 0.394 e. The number of aliphatic hydroxyl groups is 1. The van der Waals surface area contributed by atoms with Crippen molar-refractivity contribution in [2.24, 2.45) is 0 Å². The molecule has 1 aromatic heterocycles. The maximum atomic E-state index is 12.1. The van der Waals surface area contributed by atoms with Gasteiger partial charge in [0.1, 0.15) is 0 Å². The fourth-order valence-electron chi connectivity index (χ4n) is 1.61. The molecule has 0 aliphatic carbocycles. The zero-order valence-electron chi connectivity index (χ0n) is 9.42. The summed E-state index contributed by atoms with van der Waals surface area (Å²) in [5.41, 5.74) is 0. The molecule has 0 radical (unpaired) electrons. The highest BCUT2D eigenvalue weighted by atomic mass is 32.1. The fraction of sp³-hybridized carbons (Fsp3) is 0.667. The third kappa shape index (κ3) is 2.54. The number of morpholine rings is 1. The van der Waals surface area contributed by atoms with Gasteiger partial charge in [0.05, 0.1) is 25.9 Å². The number of amides is 1. The summed E-state index contributed by atoms with van der Waals surface area (Å²) in [6.07, 6.45) is 0. The van der Waals surface area contributed by atoms with Gasteiger partial charge in [0.15, 0.2) is 0 Å². The molecule has 1 aliphatic heterocycles. The lowest BCUT2D eigenvalue weighted by atomic mass is 10.2. The van der Waals surface area contributed by atoms with E-state index in [1.54, 1.807) is 11.9 Å². The van der Waals surface area contributed by atoms with Crippen LogP contribution in [0.15, 0.2) is 0 Å². The van der Waals surface area contributed by atoms with Gasteiger partial charge in [0.2, 0.25) is 10.1 Å². The molecule has 2 rings (SSSR count). The fourth-order valence-corrected chi connectivity index (χ4v) is 2.26. The van der Waals surface area contributed by atoms with E-state index in [-0.39, 0.29) is 18.6 Å². The van der Waals surface area contributed by atoms with Gasteiger partial charge in [0.25, 0.3) is 5.91 Å². The zero-order chi connectivity index (χ0) is 12.3. The van der Waals surface area contributed by atoms with Gasteiger partial charge in [0, 0.05) is 13.6 Å². The number of aliphatic hydroxyl groups excluding tert-OH is 1. The average molecular weight is 258 g/mol. The Balaban J connectivity index is 2.12. The third-order valence-corrected chi connectivity index (χ3v) is 3.45. The molecule has 0 aromatic carbocycles. The highest BCUT2D eigenvalue weighted by molar-refractivity contribution is 7.17. The molecule has 1 aliphatic rings. The molecule has 2 heterocycles. The SMILES string of the molecule is CNc1nnc(C(=O)N2CCOCC2CO)s1. The van der Waals surface area contributed by atoms with E-state index in [2.05, 4.69) is 15.5 Å². The number of rotatable bonds is 3. The quantitative estimate of drug-likeness (QED) is 0.753. The summed E-state index contributed by atoms with van der Waals surface area (Å²) in [5, 5.41) is 20.6. The molecular formula is C9H14N4O3S. The summed E-state index contributed by atoms with van der Waals surface area (Å²) in [6.45, 7) is 1.21. The lowest BCUT2D eigenvalue weighted by Crippen LogP contribution is -2.50. The van der Waals surface area contributed by atoms with E-state index in [1.807, 2.05) is 0 Å². The smallest absolute Gasteiger partial charge is 0.285 e. The summed E-state index contributed by atoms with van der Waals surface area (Å²) in [4.78, 5) is 13.7. The average Bonchev–Trinajstić information content (AvgIpc) is 2.86. The van der Waals surface area contributed by atoms with Crippen molar-refractivity contribution < 1.29 is 14.6 Å². The first-order valence-corrected chi connectivity index (χ1v) is 6.08. The maximum Gasteiger partial charge on any atom is 0.285 e. The molecule has 1 saturated heterocycles. The lowest BCUT2D eigenvalue weighted by molar-refractivity contribution is -0.0184. The number of aromatic nitrogens is 2. The molecule has 1 unspecified atom stereocenters. The zero-order valence-corrected chi connectivity index (χ0v) is 10.2. The van der Waals surface area contributed by atoms with Crippen LogP contribution in [0.1, 0.15) is 9.80 Å². The molecule has 94 valence electrons. The third-order valence-electron chi connectivity index (χ3n) is 2.52. The number of hydrogen-bond donors (Lipinski definition) is 2. The summed E-state index contributed by atoms with van der Waals surface area (Å²) in [7, 11) is 1.72. The van der Waals surface area contributed by atoms with Gasteiger partial charge in [-0.1, -0.05) is 11.3 Å². The first kappa shape index (κ1) is 12.2. The van der Waals surface area contributed by atoms with Gasteiger partial charge in [-0.2, -0.15) is 0 Å². The Morgan fingerprint density at radius 1 is 1.71 bits per heavy atom. The van der Waals surface area contributed by atoms with Crippen LogP contribution in [0.25, 0.3) is 0 Å². The predicted molar refractivity (Wildman–Crippen MR) is 62.2 cm³/mol. The molecule has 0 spiro atoms. The molecule has 17 heavy (non-hydrogen) atoms. The van der Waals surface area contributed by atoms with E-state index < -0.39 is 0 Å². The van der Waals surface area contributed by atoms with Gasteiger partial charge < -0.3 is 20.1 Å². The van der Waals surface area contributed by atoms with Crippen molar-refractivity contribution in [3.63, 3.8) is 0 Å². The molecule has 1 fully saturated rings. The van der Waals surface area contributed by atoms with Crippen molar-refractivity contribution in [2.45, 2.75) is 6.04 Å². The first-order chi connectivity index (χ1) is 8.26. The van der Waals surface area contributed by atoms with Crippen LogP contribution in [-0.2, 0) is 4.74 Å². The lowest BCUT2D eigenvalue weighted by Gasteiger charge is -2.33. The van der Waals surface area contributed by atoms with Gasteiger partial charge in [-0.05, 0) is 0 Å².